The SMILES string of the molecule is CCCS(=O)(=O)Nc1ccc(NC(=O)c2ccc(-n3nc(C)c(Br)c3C)cc2)cc1. The molecule has 0 atom stereocenters. The van der Waals surface area contributed by atoms with E-state index in [0.29, 0.717) is 23.4 Å². The molecule has 30 heavy (non-hydrogen) atoms. The number of halogens is 1. The van der Waals surface area contributed by atoms with E-state index in [0.717, 1.165) is 21.5 Å². The minimum Gasteiger partial charge on any atom is -0.322 e. The number of rotatable bonds is 7. The van der Waals surface area contributed by atoms with E-state index in [2.05, 4.69) is 31.1 Å². The van der Waals surface area contributed by atoms with E-state index in [4.69, 9.17) is 0 Å². The number of benzene rings is 2. The zero-order valence-electron chi connectivity index (χ0n) is 16.9. The van der Waals surface area contributed by atoms with Gasteiger partial charge in [0, 0.05) is 16.9 Å². The highest BCUT2D eigenvalue weighted by Crippen LogP contribution is 2.23. The first-order valence-electron chi connectivity index (χ1n) is 9.44. The molecular formula is C21H23BrN4O3S. The molecule has 2 N–H and O–H groups in total. The molecule has 2 aromatic carbocycles. The molecule has 0 unspecified atom stereocenters. The smallest absolute Gasteiger partial charge is 0.255 e. The molecule has 0 saturated carbocycles. The van der Waals surface area contributed by atoms with Gasteiger partial charge >= 0.3 is 0 Å². The molecule has 0 aliphatic carbocycles. The van der Waals surface area contributed by atoms with Crippen LogP contribution in [0.4, 0.5) is 11.4 Å². The van der Waals surface area contributed by atoms with Gasteiger partial charge in [-0.25, -0.2) is 13.1 Å². The summed E-state index contributed by atoms with van der Waals surface area (Å²) in [5, 5.41) is 7.30. The van der Waals surface area contributed by atoms with Gasteiger partial charge in [-0.05, 0) is 84.7 Å². The second kappa shape index (κ2) is 9.01. The molecule has 1 aromatic heterocycles. The number of nitrogens with one attached hydrogen (secondary N) is 2. The highest BCUT2D eigenvalue weighted by Gasteiger charge is 2.12. The van der Waals surface area contributed by atoms with Gasteiger partial charge in [0.15, 0.2) is 0 Å². The predicted molar refractivity (Wildman–Crippen MR) is 123 cm³/mol. The summed E-state index contributed by atoms with van der Waals surface area (Å²) in [5.74, 6) is -0.189. The fourth-order valence-electron chi connectivity index (χ4n) is 2.95. The van der Waals surface area contributed by atoms with E-state index in [-0.39, 0.29) is 11.7 Å². The minimum atomic E-state index is -3.34. The van der Waals surface area contributed by atoms with Gasteiger partial charge in [0.2, 0.25) is 10.0 Å². The lowest BCUT2D eigenvalue weighted by atomic mass is 10.2. The van der Waals surface area contributed by atoms with Crippen molar-refractivity contribution in [2.24, 2.45) is 0 Å². The summed E-state index contributed by atoms with van der Waals surface area (Å²) in [5.41, 5.74) is 4.29. The molecule has 0 aliphatic heterocycles. The number of hydrogen-bond donors (Lipinski definition) is 2. The maximum Gasteiger partial charge on any atom is 0.255 e. The third-order valence-corrected chi connectivity index (χ3v) is 7.11. The summed E-state index contributed by atoms with van der Waals surface area (Å²) in [7, 11) is -3.34. The second-order valence-corrected chi connectivity index (χ2v) is 9.53. The van der Waals surface area contributed by atoms with Gasteiger partial charge in [0.05, 0.1) is 27.3 Å². The summed E-state index contributed by atoms with van der Waals surface area (Å²) in [6, 6.07) is 13.7. The normalized spacial score (nSPS) is 11.3. The lowest BCUT2D eigenvalue weighted by Crippen LogP contribution is -2.16. The van der Waals surface area contributed by atoms with E-state index >= 15 is 0 Å². The number of carbonyl (C=O) groups is 1. The number of nitrogens with zero attached hydrogens (tertiary/aromatic N) is 2. The Morgan fingerprint density at radius 1 is 1.03 bits per heavy atom. The number of aryl methyl sites for hydroxylation is 1. The third-order valence-electron chi connectivity index (χ3n) is 4.47. The van der Waals surface area contributed by atoms with Crippen molar-refractivity contribution in [3.63, 3.8) is 0 Å². The van der Waals surface area contributed by atoms with Crippen LogP contribution < -0.4 is 10.0 Å². The van der Waals surface area contributed by atoms with E-state index in [1.807, 2.05) is 30.7 Å². The summed E-state index contributed by atoms with van der Waals surface area (Å²) >= 11 is 3.52. The molecule has 0 saturated heterocycles. The number of aromatic nitrogens is 2. The Labute approximate surface area is 184 Å². The Balaban J connectivity index is 1.68. The zero-order chi connectivity index (χ0) is 21.9. The van der Waals surface area contributed by atoms with E-state index in [9.17, 15) is 13.2 Å². The number of amides is 1. The lowest BCUT2D eigenvalue weighted by Gasteiger charge is -2.10. The first-order chi connectivity index (χ1) is 14.2. The minimum absolute atomic E-state index is 0.0655. The lowest BCUT2D eigenvalue weighted by molar-refractivity contribution is 0.102. The van der Waals surface area contributed by atoms with Crippen molar-refractivity contribution in [1.29, 1.82) is 0 Å². The van der Waals surface area contributed by atoms with Crippen molar-refractivity contribution >= 4 is 43.2 Å². The van der Waals surface area contributed by atoms with Gasteiger partial charge in [-0.1, -0.05) is 6.92 Å². The van der Waals surface area contributed by atoms with Crippen LogP contribution in [0.3, 0.4) is 0 Å². The quantitative estimate of drug-likeness (QED) is 0.503. The predicted octanol–water partition coefficient (Wildman–Crippen LogP) is 4.66. The van der Waals surface area contributed by atoms with Crippen LogP contribution >= 0.6 is 15.9 Å². The largest absolute Gasteiger partial charge is 0.322 e. The standard InChI is InChI=1S/C21H23BrN4O3S/c1-4-13-30(28,29)25-18-9-7-17(8-10-18)23-21(27)16-5-11-19(12-6-16)26-15(3)20(22)14(2)24-26/h5-12,25H,4,13H2,1-3H3,(H,23,27). The molecule has 3 aromatic rings. The molecule has 1 amide bonds. The Bertz CT molecular complexity index is 1150. The van der Waals surface area contributed by atoms with E-state index in [1.165, 1.54) is 0 Å². The van der Waals surface area contributed by atoms with Gasteiger partial charge in [-0.3, -0.25) is 9.52 Å². The highest BCUT2D eigenvalue weighted by molar-refractivity contribution is 9.10. The topological polar surface area (TPSA) is 93.1 Å². The van der Waals surface area contributed by atoms with Crippen LogP contribution in [0.15, 0.2) is 53.0 Å². The van der Waals surface area contributed by atoms with E-state index in [1.54, 1.807) is 43.3 Å². The van der Waals surface area contributed by atoms with Crippen LogP contribution in [0.1, 0.15) is 35.1 Å². The first kappa shape index (κ1) is 22.0. The molecule has 0 spiro atoms. The number of anilines is 2. The molecule has 1 heterocycles. The average Bonchev–Trinajstić information content (AvgIpc) is 2.96. The summed E-state index contributed by atoms with van der Waals surface area (Å²) in [6.45, 7) is 5.70. The molecule has 7 nitrogen and oxygen atoms in total. The summed E-state index contributed by atoms with van der Waals surface area (Å²) in [4.78, 5) is 12.5. The Morgan fingerprint density at radius 2 is 1.63 bits per heavy atom. The van der Waals surface area contributed by atoms with E-state index < -0.39 is 10.0 Å². The van der Waals surface area contributed by atoms with Crippen LogP contribution in [0, 0.1) is 13.8 Å². The van der Waals surface area contributed by atoms with Crippen LogP contribution in [0.5, 0.6) is 0 Å². The van der Waals surface area contributed by atoms with Crippen molar-refractivity contribution in [2.45, 2.75) is 27.2 Å². The van der Waals surface area contributed by atoms with Gasteiger partial charge in [0.1, 0.15) is 0 Å². The maximum absolute atomic E-state index is 12.5. The fraction of sp³-hybridized carbons (Fsp3) is 0.238. The number of hydrogen-bond acceptors (Lipinski definition) is 4. The van der Waals surface area contributed by atoms with Crippen molar-refractivity contribution in [3.05, 3.63) is 70.0 Å². The Kier molecular flexibility index (Phi) is 6.62. The molecular weight excluding hydrogens is 468 g/mol. The van der Waals surface area contributed by atoms with Gasteiger partial charge in [-0.15, -0.1) is 0 Å². The molecule has 0 bridgehead atoms. The van der Waals surface area contributed by atoms with Crippen molar-refractivity contribution < 1.29 is 13.2 Å². The molecule has 0 fully saturated rings. The summed E-state index contributed by atoms with van der Waals surface area (Å²) in [6.07, 6.45) is 0.541. The Morgan fingerprint density at radius 3 is 2.17 bits per heavy atom. The molecule has 158 valence electrons. The molecule has 0 aliphatic rings. The van der Waals surface area contributed by atoms with Crippen molar-refractivity contribution in [3.8, 4) is 5.69 Å². The van der Waals surface area contributed by atoms with Crippen LogP contribution in [0.25, 0.3) is 5.69 Å². The van der Waals surface area contributed by atoms with Crippen molar-refractivity contribution in [2.75, 3.05) is 15.8 Å². The molecule has 9 heteroatoms. The summed E-state index contributed by atoms with van der Waals surface area (Å²) < 4.78 is 29.0. The average molecular weight is 491 g/mol. The first-order valence-corrected chi connectivity index (χ1v) is 11.9. The van der Waals surface area contributed by atoms with Gasteiger partial charge in [-0.2, -0.15) is 5.10 Å². The van der Waals surface area contributed by atoms with Crippen LogP contribution in [-0.2, 0) is 10.0 Å². The Hall–Kier alpha value is -2.65. The second-order valence-electron chi connectivity index (χ2n) is 6.90. The van der Waals surface area contributed by atoms with Gasteiger partial charge < -0.3 is 5.32 Å². The number of carbonyl (C=O) groups excluding carboxylic acids is 1. The number of sulfonamides is 1. The third kappa shape index (κ3) is 5.09. The van der Waals surface area contributed by atoms with Crippen LogP contribution in [0.2, 0.25) is 0 Å². The fourth-order valence-corrected chi connectivity index (χ4v) is 4.34. The monoisotopic (exact) mass is 490 g/mol. The molecule has 3 rings (SSSR count). The highest BCUT2D eigenvalue weighted by atomic mass is 79.9. The van der Waals surface area contributed by atoms with Crippen molar-refractivity contribution in [1.82, 2.24) is 9.78 Å². The molecule has 0 radical (unpaired) electrons. The maximum atomic E-state index is 12.5. The van der Waals surface area contributed by atoms with Gasteiger partial charge in [0.25, 0.3) is 5.91 Å². The van der Waals surface area contributed by atoms with Crippen LogP contribution in [-0.4, -0.2) is 29.9 Å². The zero-order valence-corrected chi connectivity index (χ0v) is 19.3.